The van der Waals surface area contributed by atoms with Crippen molar-refractivity contribution in [2.24, 2.45) is 29.4 Å². The number of nitrogens with two attached hydrogens (primary N) is 1. The number of Topliss-reactive ketones (excluding diaryl/α,β-unsaturated/α-hetero) is 1. The molecule has 40 heavy (non-hydrogen) atoms. The van der Waals surface area contributed by atoms with E-state index in [-0.39, 0.29) is 5.78 Å². The number of rotatable bonds is 7. The first-order valence-corrected chi connectivity index (χ1v) is 15.2. The lowest BCUT2D eigenvalue weighted by Crippen LogP contribution is -2.23. The molecule has 2 unspecified atom stereocenters. The third-order valence-electron chi connectivity index (χ3n) is 9.05. The first-order chi connectivity index (χ1) is 19.2. The molecular formula is C35H46N4O. The molecule has 0 amide bonds. The normalized spacial score (nSPS) is 22.8. The minimum atomic E-state index is 0.106. The van der Waals surface area contributed by atoms with Crippen molar-refractivity contribution >= 4 is 11.4 Å². The molecule has 0 aliphatic heterocycles. The van der Waals surface area contributed by atoms with E-state index in [1.165, 1.54) is 5.57 Å². The van der Waals surface area contributed by atoms with E-state index in [4.69, 9.17) is 10.8 Å². The maximum Gasteiger partial charge on any atom is 0.183 e. The van der Waals surface area contributed by atoms with Gasteiger partial charge in [0.15, 0.2) is 5.78 Å². The van der Waals surface area contributed by atoms with Crippen molar-refractivity contribution in [2.45, 2.75) is 92.0 Å². The summed E-state index contributed by atoms with van der Waals surface area (Å²) >= 11 is 0. The highest BCUT2D eigenvalue weighted by atomic mass is 16.1. The fourth-order valence-corrected chi connectivity index (χ4v) is 6.12. The Balaban J connectivity index is 1.73. The molecule has 0 spiro atoms. The molecule has 1 aromatic heterocycles. The van der Waals surface area contributed by atoms with E-state index >= 15 is 0 Å². The van der Waals surface area contributed by atoms with Gasteiger partial charge in [0.1, 0.15) is 5.69 Å². The molecule has 2 aromatic rings. The Bertz CT molecular complexity index is 1330. The lowest BCUT2D eigenvalue weighted by Gasteiger charge is -2.25. The zero-order chi connectivity index (χ0) is 28.8. The zero-order valence-corrected chi connectivity index (χ0v) is 25.0. The number of aromatic nitrogens is 2. The van der Waals surface area contributed by atoms with Crippen molar-refractivity contribution in [3.63, 3.8) is 0 Å². The van der Waals surface area contributed by atoms with Gasteiger partial charge in [-0.2, -0.15) is 10.4 Å². The largest absolute Gasteiger partial charge is 0.328 e. The maximum absolute atomic E-state index is 13.6. The summed E-state index contributed by atoms with van der Waals surface area (Å²) in [6.45, 7) is 11.1. The van der Waals surface area contributed by atoms with Crippen LogP contribution in [0, 0.1) is 41.9 Å². The summed E-state index contributed by atoms with van der Waals surface area (Å²) in [4.78, 5) is 13.6. The molecule has 0 saturated heterocycles. The number of ketones is 1. The van der Waals surface area contributed by atoms with Gasteiger partial charge in [0.2, 0.25) is 0 Å². The van der Waals surface area contributed by atoms with Crippen molar-refractivity contribution in [1.29, 1.82) is 5.26 Å². The molecule has 2 atom stereocenters. The van der Waals surface area contributed by atoms with E-state index in [9.17, 15) is 10.1 Å². The third-order valence-corrected chi connectivity index (χ3v) is 9.05. The number of nitrogens with zero attached hydrogens (tertiary/aromatic N) is 3. The van der Waals surface area contributed by atoms with E-state index in [2.05, 4.69) is 58.1 Å². The van der Waals surface area contributed by atoms with Crippen LogP contribution in [0.3, 0.4) is 0 Å². The average Bonchev–Trinajstić information content (AvgIpc) is 3.34. The van der Waals surface area contributed by atoms with E-state index in [1.54, 1.807) is 0 Å². The van der Waals surface area contributed by atoms with Gasteiger partial charge in [0.05, 0.1) is 23.0 Å². The number of benzene rings is 1. The predicted octanol–water partition coefficient (Wildman–Crippen LogP) is 8.12. The highest BCUT2D eigenvalue weighted by Gasteiger charge is 2.23. The Morgan fingerprint density at radius 1 is 1.12 bits per heavy atom. The van der Waals surface area contributed by atoms with Crippen LogP contribution in [-0.2, 0) is 0 Å². The van der Waals surface area contributed by atoms with Gasteiger partial charge in [-0.3, -0.25) is 4.79 Å². The lowest BCUT2D eigenvalue weighted by atomic mass is 9.80. The van der Waals surface area contributed by atoms with Gasteiger partial charge in [-0.1, -0.05) is 70.4 Å². The molecule has 5 heteroatoms. The molecule has 1 saturated carbocycles. The van der Waals surface area contributed by atoms with Crippen LogP contribution in [0.4, 0.5) is 0 Å². The molecule has 1 heterocycles. The van der Waals surface area contributed by atoms with Gasteiger partial charge in [-0.05, 0) is 98.1 Å². The van der Waals surface area contributed by atoms with Crippen LogP contribution < -0.4 is 5.73 Å². The van der Waals surface area contributed by atoms with Gasteiger partial charge in [0.25, 0.3) is 0 Å². The van der Waals surface area contributed by atoms with Crippen LogP contribution >= 0.6 is 0 Å². The van der Waals surface area contributed by atoms with Crippen molar-refractivity contribution in [1.82, 2.24) is 9.78 Å². The smallest absolute Gasteiger partial charge is 0.183 e. The number of aryl methyl sites for hydroxylation is 1. The van der Waals surface area contributed by atoms with Crippen LogP contribution in [0.25, 0.3) is 11.3 Å². The third kappa shape index (κ3) is 7.09. The minimum absolute atomic E-state index is 0.106. The van der Waals surface area contributed by atoms with Crippen molar-refractivity contribution < 1.29 is 4.79 Å². The summed E-state index contributed by atoms with van der Waals surface area (Å²) in [7, 11) is 0. The lowest BCUT2D eigenvalue weighted by molar-refractivity contribution is 0.0947. The van der Waals surface area contributed by atoms with Crippen molar-refractivity contribution in [3.8, 4) is 11.8 Å². The van der Waals surface area contributed by atoms with Crippen LogP contribution in [0.2, 0.25) is 0 Å². The Labute approximate surface area is 240 Å². The molecular weight excluding hydrogens is 492 g/mol. The second-order valence-electron chi connectivity index (χ2n) is 12.4. The Kier molecular flexibility index (Phi) is 9.98. The summed E-state index contributed by atoms with van der Waals surface area (Å²) in [5.74, 6) is 2.02. The maximum atomic E-state index is 13.6. The number of nitriles is 1. The summed E-state index contributed by atoms with van der Waals surface area (Å²) < 4.78 is 1.89. The van der Waals surface area contributed by atoms with E-state index in [0.717, 1.165) is 67.5 Å². The SMILES string of the molecule is Cc1cc(-n2nc(C(=O)CC3CCCC(N)CCC3)cc2C2=CC=C(C(C)C(C)C)C(C)CC=C2)ccc1C#N. The van der Waals surface area contributed by atoms with Gasteiger partial charge in [-0.25, -0.2) is 4.68 Å². The first kappa shape index (κ1) is 29.7. The molecule has 2 aliphatic rings. The summed E-state index contributed by atoms with van der Waals surface area (Å²) in [6.07, 6.45) is 16.8. The number of allylic oxidation sites excluding steroid dienone is 6. The van der Waals surface area contributed by atoms with Gasteiger partial charge >= 0.3 is 0 Å². The number of carbonyl (C=O) groups excluding carboxylic acids is 1. The summed E-state index contributed by atoms with van der Waals surface area (Å²) in [5, 5.41) is 14.4. The summed E-state index contributed by atoms with van der Waals surface area (Å²) in [5.41, 5.74) is 12.5. The Morgan fingerprint density at radius 2 is 1.85 bits per heavy atom. The molecule has 2 aliphatic carbocycles. The van der Waals surface area contributed by atoms with E-state index in [0.29, 0.717) is 47.4 Å². The number of carbonyl (C=O) groups is 1. The van der Waals surface area contributed by atoms with E-state index < -0.39 is 0 Å². The fraction of sp³-hybridized carbons (Fsp3) is 0.514. The zero-order valence-electron chi connectivity index (χ0n) is 25.0. The average molecular weight is 539 g/mol. The second kappa shape index (κ2) is 13.4. The number of hydrogen-bond donors (Lipinski definition) is 1. The molecule has 5 nitrogen and oxygen atoms in total. The van der Waals surface area contributed by atoms with Crippen molar-refractivity contribution in [2.75, 3.05) is 0 Å². The molecule has 1 aromatic carbocycles. The van der Waals surface area contributed by atoms with E-state index in [1.807, 2.05) is 35.9 Å². The molecule has 1 fully saturated rings. The Hall–Kier alpha value is -3.23. The van der Waals surface area contributed by atoms with Crippen LogP contribution in [0.1, 0.15) is 106 Å². The molecule has 2 N–H and O–H groups in total. The second-order valence-corrected chi connectivity index (χ2v) is 12.4. The highest BCUT2D eigenvalue weighted by molar-refractivity contribution is 5.95. The van der Waals surface area contributed by atoms with Gasteiger partial charge < -0.3 is 5.73 Å². The van der Waals surface area contributed by atoms with Crippen LogP contribution in [-0.4, -0.2) is 21.6 Å². The topological polar surface area (TPSA) is 84.7 Å². The minimum Gasteiger partial charge on any atom is -0.328 e. The van der Waals surface area contributed by atoms with Crippen LogP contribution in [0.15, 0.2) is 54.1 Å². The molecule has 0 radical (unpaired) electrons. The number of hydrogen-bond acceptors (Lipinski definition) is 4. The van der Waals surface area contributed by atoms with Crippen LogP contribution in [0.5, 0.6) is 0 Å². The highest BCUT2D eigenvalue weighted by Crippen LogP contribution is 2.33. The van der Waals surface area contributed by atoms with Gasteiger partial charge in [0, 0.05) is 12.5 Å². The quantitative estimate of drug-likeness (QED) is 0.361. The fourth-order valence-electron chi connectivity index (χ4n) is 6.12. The molecule has 4 rings (SSSR count). The molecule has 0 bridgehead atoms. The monoisotopic (exact) mass is 538 g/mol. The molecule has 212 valence electrons. The summed E-state index contributed by atoms with van der Waals surface area (Å²) in [6, 6.07) is 10.3. The Morgan fingerprint density at radius 3 is 2.50 bits per heavy atom. The first-order valence-electron chi connectivity index (χ1n) is 15.2. The standard InChI is InChI=1S/C35H46N4O/c1-23(2)26(5)32-18-16-28(12-6-9-24(32)3)34-21-33(35(40)20-27-10-7-13-30(37)14-8-11-27)38-39(34)31-17-15-29(22-36)25(4)19-31/h6,12,15-19,21,23-24,26-27,30H,7-11,13-14,20,37H2,1-5H3. The van der Waals surface area contributed by atoms with Crippen molar-refractivity contribution in [3.05, 3.63) is 76.7 Å². The predicted molar refractivity (Wildman–Crippen MR) is 164 cm³/mol. The van der Waals surface area contributed by atoms with Gasteiger partial charge in [-0.15, -0.1) is 0 Å².